The van der Waals surface area contributed by atoms with Crippen LogP contribution in [0.15, 0.2) is 67.0 Å². The van der Waals surface area contributed by atoms with E-state index in [4.69, 9.17) is 4.74 Å². The fourth-order valence-electron chi connectivity index (χ4n) is 2.79. The van der Waals surface area contributed by atoms with Crippen LogP contribution in [0.5, 0.6) is 5.75 Å². The number of nitrogens with zero attached hydrogens (tertiary/aromatic N) is 1. The van der Waals surface area contributed by atoms with Crippen molar-refractivity contribution in [2.24, 2.45) is 0 Å². The van der Waals surface area contributed by atoms with Crippen molar-refractivity contribution in [2.75, 3.05) is 17.9 Å². The predicted octanol–water partition coefficient (Wildman–Crippen LogP) is 5.13. The van der Waals surface area contributed by atoms with Crippen LogP contribution >= 0.6 is 0 Å². The van der Waals surface area contributed by atoms with Crippen molar-refractivity contribution in [2.45, 2.75) is 19.0 Å². The largest absolute Gasteiger partial charge is 0.497 e. The van der Waals surface area contributed by atoms with Crippen LogP contribution in [0.3, 0.4) is 0 Å². The average Bonchev–Trinajstić information content (AvgIpc) is 3.19. The molecule has 0 aliphatic rings. The molecule has 1 amide bonds. The normalized spacial score (nSPS) is 12.3. The van der Waals surface area contributed by atoms with E-state index in [1.54, 1.807) is 60.4 Å². The number of benzene rings is 2. The molecule has 0 spiro atoms. The molecule has 3 aromatic rings. The first-order valence-corrected chi connectivity index (χ1v) is 8.83. The third kappa shape index (κ3) is 5.10. The van der Waals surface area contributed by atoms with E-state index in [0.717, 1.165) is 17.7 Å². The van der Waals surface area contributed by atoms with Crippen molar-refractivity contribution in [3.8, 4) is 5.75 Å². The van der Waals surface area contributed by atoms with E-state index in [1.165, 1.54) is 13.2 Å². The molecule has 0 aliphatic carbocycles. The lowest BCUT2D eigenvalue weighted by Gasteiger charge is -2.16. The van der Waals surface area contributed by atoms with Gasteiger partial charge in [0.2, 0.25) is 5.91 Å². The zero-order chi connectivity index (χ0) is 21.0. The monoisotopic (exact) mass is 403 g/mol. The molecule has 3 rings (SSSR count). The van der Waals surface area contributed by atoms with Gasteiger partial charge in [0.05, 0.1) is 18.6 Å². The van der Waals surface area contributed by atoms with E-state index in [1.807, 2.05) is 0 Å². The summed E-state index contributed by atoms with van der Waals surface area (Å²) in [5.74, 6) is -0.577. The van der Waals surface area contributed by atoms with Crippen LogP contribution < -0.4 is 15.5 Å². The molecule has 152 valence electrons. The first-order valence-electron chi connectivity index (χ1n) is 8.83. The molecule has 1 atom stereocenters. The van der Waals surface area contributed by atoms with Gasteiger partial charge in [0.25, 0.3) is 0 Å². The summed E-state index contributed by atoms with van der Waals surface area (Å²) < 4.78 is 45.9. The predicted molar refractivity (Wildman–Crippen MR) is 105 cm³/mol. The van der Waals surface area contributed by atoms with E-state index in [0.29, 0.717) is 5.69 Å². The van der Waals surface area contributed by atoms with E-state index in [-0.39, 0.29) is 17.3 Å². The molecule has 1 unspecified atom stereocenters. The number of alkyl halides is 3. The molecule has 1 aromatic heterocycles. The number of halogens is 3. The number of rotatable bonds is 6. The number of hydrogen-bond donors (Lipinski definition) is 2. The summed E-state index contributed by atoms with van der Waals surface area (Å²) in [4.78, 5) is 12.4. The Balaban J connectivity index is 1.80. The van der Waals surface area contributed by atoms with Gasteiger partial charge in [-0.15, -0.1) is 0 Å². The van der Waals surface area contributed by atoms with Crippen LogP contribution in [-0.4, -0.2) is 17.7 Å². The second-order valence-electron chi connectivity index (χ2n) is 6.49. The Kier molecular flexibility index (Phi) is 5.81. The molecule has 8 heteroatoms. The smallest absolute Gasteiger partial charge is 0.416 e. The number of carbonyl (C=O) groups is 1. The molecule has 5 nitrogen and oxygen atoms in total. The van der Waals surface area contributed by atoms with Crippen molar-refractivity contribution in [3.05, 3.63) is 78.1 Å². The minimum atomic E-state index is -4.49. The van der Waals surface area contributed by atoms with Gasteiger partial charge >= 0.3 is 6.18 Å². The van der Waals surface area contributed by atoms with Gasteiger partial charge in [-0.2, -0.15) is 13.2 Å². The van der Waals surface area contributed by atoms with Crippen molar-refractivity contribution < 1.29 is 22.7 Å². The molecule has 0 radical (unpaired) electrons. The fraction of sp³-hybridized carbons (Fsp3) is 0.190. The molecule has 2 N–H and O–H groups in total. The molecular formula is C21H20F3N3O2. The van der Waals surface area contributed by atoms with Crippen LogP contribution in [0, 0.1) is 0 Å². The van der Waals surface area contributed by atoms with E-state index < -0.39 is 17.7 Å². The van der Waals surface area contributed by atoms with Crippen molar-refractivity contribution in [1.29, 1.82) is 0 Å². The van der Waals surface area contributed by atoms with Gasteiger partial charge in [-0.25, -0.2) is 0 Å². The van der Waals surface area contributed by atoms with Crippen LogP contribution in [0.4, 0.5) is 24.5 Å². The highest BCUT2D eigenvalue weighted by Gasteiger charge is 2.31. The molecule has 1 heterocycles. The zero-order valence-electron chi connectivity index (χ0n) is 15.8. The third-order valence-corrected chi connectivity index (χ3v) is 4.38. The second-order valence-corrected chi connectivity index (χ2v) is 6.49. The lowest BCUT2D eigenvalue weighted by molar-refractivity contribution is -0.137. The summed E-state index contributed by atoms with van der Waals surface area (Å²) >= 11 is 0. The molecule has 2 aromatic carbocycles. The molecule has 0 fully saturated rings. The summed E-state index contributed by atoms with van der Waals surface area (Å²) in [5.41, 5.74) is 3.45. The van der Waals surface area contributed by atoms with E-state index in [9.17, 15) is 18.0 Å². The number of amides is 1. The average molecular weight is 403 g/mol. The standard InChI is InChI=1S/C21H20F3N3O2/c1-14(20(28)26-27-8-3-4-9-27)15-6-5-7-17(10-15)25-18-11-16(21(22,23)24)12-19(13-18)29-2/h3-14,25H,1-2H3,(H,26,28). The lowest BCUT2D eigenvalue weighted by Crippen LogP contribution is -2.26. The van der Waals surface area contributed by atoms with Gasteiger partial charge in [-0.1, -0.05) is 12.1 Å². The number of ether oxygens (including phenoxy) is 1. The first-order chi connectivity index (χ1) is 13.8. The number of aromatic nitrogens is 1. The van der Waals surface area contributed by atoms with Crippen LogP contribution in [0.2, 0.25) is 0 Å². The molecule has 29 heavy (non-hydrogen) atoms. The Morgan fingerprint density at radius 1 is 1.03 bits per heavy atom. The van der Waals surface area contributed by atoms with Crippen LogP contribution in [-0.2, 0) is 11.0 Å². The van der Waals surface area contributed by atoms with Crippen LogP contribution in [0.25, 0.3) is 0 Å². The maximum absolute atomic E-state index is 13.1. The minimum Gasteiger partial charge on any atom is -0.497 e. The van der Waals surface area contributed by atoms with Crippen LogP contribution in [0.1, 0.15) is 24.0 Å². The zero-order valence-corrected chi connectivity index (χ0v) is 15.8. The van der Waals surface area contributed by atoms with Gasteiger partial charge in [0, 0.05) is 29.8 Å². The fourth-order valence-corrected chi connectivity index (χ4v) is 2.79. The Morgan fingerprint density at radius 3 is 2.41 bits per heavy atom. The molecule has 0 saturated carbocycles. The Morgan fingerprint density at radius 2 is 1.76 bits per heavy atom. The Hall–Kier alpha value is -3.42. The first kappa shape index (κ1) is 20.3. The number of nitrogens with one attached hydrogen (secondary N) is 2. The highest BCUT2D eigenvalue weighted by molar-refractivity contribution is 5.90. The number of hydrogen-bond acceptors (Lipinski definition) is 3. The number of anilines is 2. The van der Waals surface area contributed by atoms with Crippen molar-refractivity contribution >= 4 is 17.3 Å². The van der Waals surface area contributed by atoms with Gasteiger partial charge in [-0.3, -0.25) is 14.9 Å². The van der Waals surface area contributed by atoms with E-state index in [2.05, 4.69) is 10.7 Å². The number of carbonyl (C=O) groups excluding carboxylic acids is 1. The van der Waals surface area contributed by atoms with Gasteiger partial charge in [0.15, 0.2) is 0 Å². The summed E-state index contributed by atoms with van der Waals surface area (Å²) in [7, 11) is 1.31. The van der Waals surface area contributed by atoms with Crippen molar-refractivity contribution in [3.63, 3.8) is 0 Å². The summed E-state index contributed by atoms with van der Waals surface area (Å²) in [5, 5.41) is 2.95. The molecular weight excluding hydrogens is 383 g/mol. The van der Waals surface area contributed by atoms with Crippen molar-refractivity contribution in [1.82, 2.24) is 4.68 Å². The SMILES string of the molecule is COc1cc(Nc2cccc(C(C)C(=O)Nn3cccc3)c2)cc(C(F)(F)F)c1. The Labute approximate surface area is 166 Å². The van der Waals surface area contributed by atoms with Gasteiger partial charge in [-0.05, 0) is 48.9 Å². The van der Waals surface area contributed by atoms with Gasteiger partial charge in [0.1, 0.15) is 5.75 Å². The topological polar surface area (TPSA) is 55.3 Å². The summed E-state index contributed by atoms with van der Waals surface area (Å²) in [6.07, 6.45) is -1.06. The summed E-state index contributed by atoms with van der Waals surface area (Å²) in [6, 6.07) is 14.0. The van der Waals surface area contributed by atoms with E-state index >= 15 is 0 Å². The summed E-state index contributed by atoms with van der Waals surface area (Å²) in [6.45, 7) is 1.76. The molecule has 0 saturated heterocycles. The number of methoxy groups -OCH3 is 1. The quantitative estimate of drug-likeness (QED) is 0.600. The van der Waals surface area contributed by atoms with Gasteiger partial charge < -0.3 is 10.1 Å². The Bertz CT molecular complexity index is 985. The molecule has 0 aliphatic heterocycles. The second kappa shape index (κ2) is 8.30. The third-order valence-electron chi connectivity index (χ3n) is 4.38. The minimum absolute atomic E-state index is 0.0953. The maximum atomic E-state index is 13.1. The lowest BCUT2D eigenvalue weighted by atomic mass is 10.00. The highest BCUT2D eigenvalue weighted by atomic mass is 19.4. The highest BCUT2D eigenvalue weighted by Crippen LogP contribution is 2.35. The maximum Gasteiger partial charge on any atom is 0.416 e. The molecule has 0 bridgehead atoms.